The third-order valence-corrected chi connectivity index (χ3v) is 3.22. The average Bonchev–Trinajstić information content (AvgIpc) is 2.51. The molecular weight excluding hydrogens is 196 g/mol. The maximum absolute atomic E-state index is 5.59. The predicted molar refractivity (Wildman–Crippen MR) is 59.3 cm³/mol. The van der Waals surface area contributed by atoms with Gasteiger partial charge in [-0.1, -0.05) is 0 Å². The molecule has 1 fully saturated rings. The minimum Gasteiger partial charge on any atom is -0.375 e. The molecule has 3 N–H and O–H groups in total. The van der Waals surface area contributed by atoms with Crippen molar-refractivity contribution in [2.24, 2.45) is 0 Å². The monoisotopic (exact) mass is 212 g/mol. The number of aromatic nitrogens is 1. The van der Waals surface area contributed by atoms with Crippen molar-refractivity contribution in [3.8, 4) is 0 Å². The van der Waals surface area contributed by atoms with Gasteiger partial charge in [-0.05, 0) is 6.92 Å². The van der Waals surface area contributed by atoms with Crippen LogP contribution in [0.4, 0.5) is 5.13 Å². The summed E-state index contributed by atoms with van der Waals surface area (Å²) in [5.74, 6) is 0. The summed E-state index contributed by atoms with van der Waals surface area (Å²) in [5.41, 5.74) is 5.59. The summed E-state index contributed by atoms with van der Waals surface area (Å²) in [6.07, 6.45) is 1.88. The highest BCUT2D eigenvalue weighted by atomic mass is 32.1. The van der Waals surface area contributed by atoms with Gasteiger partial charge in [-0.15, -0.1) is 11.3 Å². The van der Waals surface area contributed by atoms with Crippen LogP contribution in [0.5, 0.6) is 0 Å². The highest BCUT2D eigenvalue weighted by molar-refractivity contribution is 7.15. The first-order valence-corrected chi connectivity index (χ1v) is 5.71. The Morgan fingerprint density at radius 2 is 2.64 bits per heavy atom. The highest BCUT2D eigenvalue weighted by Gasteiger charge is 2.16. The third kappa shape index (κ3) is 2.43. The molecular formula is C9H16N4S. The molecule has 0 amide bonds. The minimum absolute atomic E-state index is 0.592. The third-order valence-electron chi connectivity index (χ3n) is 2.40. The van der Waals surface area contributed by atoms with Crippen LogP contribution in [0.2, 0.25) is 0 Å². The lowest BCUT2D eigenvalue weighted by Crippen LogP contribution is -2.48. The van der Waals surface area contributed by atoms with Gasteiger partial charge in [0.15, 0.2) is 5.13 Å². The van der Waals surface area contributed by atoms with Gasteiger partial charge in [0.25, 0.3) is 0 Å². The lowest BCUT2D eigenvalue weighted by molar-refractivity contribution is 0.201. The normalized spacial score (nSPS) is 23.9. The highest BCUT2D eigenvalue weighted by Crippen LogP contribution is 2.17. The Kier molecular flexibility index (Phi) is 3.00. The number of anilines is 1. The van der Waals surface area contributed by atoms with Gasteiger partial charge in [0.2, 0.25) is 0 Å². The van der Waals surface area contributed by atoms with E-state index in [4.69, 9.17) is 5.73 Å². The molecule has 1 aliphatic heterocycles. The van der Waals surface area contributed by atoms with Crippen molar-refractivity contribution in [1.29, 1.82) is 0 Å². The van der Waals surface area contributed by atoms with Gasteiger partial charge in [0.05, 0.1) is 0 Å². The SMILES string of the molecule is C[C@H]1CN(Cc2cnc(N)s2)CCN1. The van der Waals surface area contributed by atoms with Gasteiger partial charge < -0.3 is 11.1 Å². The van der Waals surface area contributed by atoms with E-state index < -0.39 is 0 Å². The maximum Gasteiger partial charge on any atom is 0.180 e. The minimum atomic E-state index is 0.592. The van der Waals surface area contributed by atoms with E-state index in [2.05, 4.69) is 22.1 Å². The number of nitrogens with two attached hydrogens (primary N) is 1. The average molecular weight is 212 g/mol. The number of piperazine rings is 1. The summed E-state index contributed by atoms with van der Waals surface area (Å²) in [5, 5.41) is 4.09. The number of thiazole rings is 1. The first kappa shape index (κ1) is 9.89. The molecule has 0 aliphatic carbocycles. The van der Waals surface area contributed by atoms with Gasteiger partial charge in [-0.25, -0.2) is 4.98 Å². The fraction of sp³-hybridized carbons (Fsp3) is 0.667. The Morgan fingerprint density at radius 3 is 3.29 bits per heavy atom. The Hall–Kier alpha value is -0.650. The Labute approximate surface area is 88.1 Å². The summed E-state index contributed by atoms with van der Waals surface area (Å²) in [6, 6.07) is 0.592. The van der Waals surface area contributed by atoms with Crippen molar-refractivity contribution < 1.29 is 0 Å². The van der Waals surface area contributed by atoms with Gasteiger partial charge >= 0.3 is 0 Å². The molecule has 0 unspecified atom stereocenters. The second-order valence-corrected chi connectivity index (χ2v) is 4.90. The molecule has 0 saturated carbocycles. The quantitative estimate of drug-likeness (QED) is 0.750. The molecule has 78 valence electrons. The van der Waals surface area contributed by atoms with Crippen molar-refractivity contribution >= 4 is 16.5 Å². The number of nitrogen functional groups attached to an aromatic ring is 1. The van der Waals surface area contributed by atoms with Gasteiger partial charge in [0.1, 0.15) is 0 Å². The standard InChI is InChI=1S/C9H16N4S/c1-7-5-13(3-2-11-7)6-8-4-12-9(10)14-8/h4,7,11H,2-3,5-6H2,1H3,(H2,10,12)/t7-/m0/s1. The lowest BCUT2D eigenvalue weighted by Gasteiger charge is -2.31. The molecule has 1 aromatic rings. The fourth-order valence-corrected chi connectivity index (χ4v) is 2.50. The summed E-state index contributed by atoms with van der Waals surface area (Å²) >= 11 is 1.59. The van der Waals surface area contributed by atoms with Crippen LogP contribution in [0.25, 0.3) is 0 Å². The summed E-state index contributed by atoms with van der Waals surface area (Å²) in [4.78, 5) is 7.75. The number of nitrogens with one attached hydrogen (secondary N) is 1. The molecule has 2 heterocycles. The fourth-order valence-electron chi connectivity index (χ4n) is 1.77. The van der Waals surface area contributed by atoms with Crippen LogP contribution in [0.15, 0.2) is 6.20 Å². The largest absolute Gasteiger partial charge is 0.375 e. The van der Waals surface area contributed by atoms with Crippen LogP contribution in [-0.4, -0.2) is 35.6 Å². The lowest BCUT2D eigenvalue weighted by atomic mass is 10.2. The van der Waals surface area contributed by atoms with E-state index in [-0.39, 0.29) is 0 Å². The molecule has 14 heavy (non-hydrogen) atoms. The Balaban J connectivity index is 1.90. The summed E-state index contributed by atoms with van der Waals surface area (Å²) < 4.78 is 0. The zero-order valence-electron chi connectivity index (χ0n) is 8.36. The number of hydrogen-bond acceptors (Lipinski definition) is 5. The zero-order valence-corrected chi connectivity index (χ0v) is 9.18. The molecule has 5 heteroatoms. The first-order chi connectivity index (χ1) is 6.74. The number of nitrogens with zero attached hydrogens (tertiary/aromatic N) is 2. The zero-order chi connectivity index (χ0) is 9.97. The van der Waals surface area contributed by atoms with Crippen molar-refractivity contribution in [2.75, 3.05) is 25.4 Å². The van der Waals surface area contributed by atoms with E-state index in [9.17, 15) is 0 Å². The van der Waals surface area contributed by atoms with Gasteiger partial charge in [-0.2, -0.15) is 0 Å². The van der Waals surface area contributed by atoms with Crippen molar-refractivity contribution in [3.05, 3.63) is 11.1 Å². The topological polar surface area (TPSA) is 54.2 Å². The van der Waals surface area contributed by atoms with E-state index in [0.717, 1.165) is 26.2 Å². The smallest absolute Gasteiger partial charge is 0.180 e. The van der Waals surface area contributed by atoms with Crippen LogP contribution in [0, 0.1) is 0 Å². The second-order valence-electron chi connectivity index (χ2n) is 3.76. The van der Waals surface area contributed by atoms with E-state index in [1.54, 1.807) is 11.3 Å². The van der Waals surface area contributed by atoms with Gasteiger partial charge in [0, 0.05) is 43.3 Å². The van der Waals surface area contributed by atoms with E-state index in [1.807, 2.05) is 6.20 Å². The van der Waals surface area contributed by atoms with E-state index in [1.165, 1.54) is 4.88 Å². The van der Waals surface area contributed by atoms with Crippen LogP contribution >= 0.6 is 11.3 Å². The molecule has 1 aromatic heterocycles. The molecule has 0 radical (unpaired) electrons. The van der Waals surface area contributed by atoms with Crippen LogP contribution in [0.1, 0.15) is 11.8 Å². The number of rotatable bonds is 2. The second kappa shape index (κ2) is 4.25. The van der Waals surface area contributed by atoms with Crippen molar-refractivity contribution in [3.63, 3.8) is 0 Å². The predicted octanol–water partition coefficient (Wildman–Crippen LogP) is 0.519. The molecule has 1 saturated heterocycles. The van der Waals surface area contributed by atoms with Crippen LogP contribution in [-0.2, 0) is 6.54 Å². The molecule has 1 aliphatic rings. The molecule has 2 rings (SSSR count). The molecule has 0 bridgehead atoms. The molecule has 4 nitrogen and oxygen atoms in total. The molecule has 1 atom stereocenters. The Morgan fingerprint density at radius 1 is 1.79 bits per heavy atom. The maximum atomic E-state index is 5.59. The molecule has 0 aromatic carbocycles. The summed E-state index contributed by atoms with van der Waals surface area (Å²) in [6.45, 7) is 6.50. The van der Waals surface area contributed by atoms with Crippen LogP contribution in [0.3, 0.4) is 0 Å². The van der Waals surface area contributed by atoms with Crippen LogP contribution < -0.4 is 11.1 Å². The summed E-state index contributed by atoms with van der Waals surface area (Å²) in [7, 11) is 0. The van der Waals surface area contributed by atoms with E-state index in [0.29, 0.717) is 11.2 Å². The van der Waals surface area contributed by atoms with E-state index >= 15 is 0 Å². The first-order valence-electron chi connectivity index (χ1n) is 4.90. The molecule has 0 spiro atoms. The Bertz CT molecular complexity index is 299. The van der Waals surface area contributed by atoms with Crippen molar-refractivity contribution in [1.82, 2.24) is 15.2 Å². The number of hydrogen-bond donors (Lipinski definition) is 2. The van der Waals surface area contributed by atoms with Gasteiger partial charge in [-0.3, -0.25) is 4.90 Å². The van der Waals surface area contributed by atoms with Crippen molar-refractivity contribution in [2.45, 2.75) is 19.5 Å².